The Hall–Kier alpha value is -4.25. The number of ether oxygens (including phenoxy) is 1. The Kier molecular flexibility index (Phi) is 5.91. The van der Waals surface area contributed by atoms with E-state index in [-0.39, 0.29) is 23.6 Å². The molecule has 35 heavy (non-hydrogen) atoms. The summed E-state index contributed by atoms with van der Waals surface area (Å²) in [5.74, 6) is 0.730. The molecular formula is C24H26N8O3. The quantitative estimate of drug-likeness (QED) is 0.372. The first kappa shape index (κ1) is 22.5. The molecule has 0 saturated heterocycles. The number of hydrogen-bond donors (Lipinski definition) is 3. The predicted octanol–water partition coefficient (Wildman–Crippen LogP) is 2.28. The van der Waals surface area contributed by atoms with Crippen LogP contribution in [0.2, 0.25) is 0 Å². The number of amides is 1. The molecule has 0 aromatic carbocycles. The fourth-order valence-corrected chi connectivity index (χ4v) is 4.06. The van der Waals surface area contributed by atoms with Gasteiger partial charge in [-0.05, 0) is 44.0 Å². The van der Waals surface area contributed by atoms with Gasteiger partial charge in [-0.1, -0.05) is 0 Å². The summed E-state index contributed by atoms with van der Waals surface area (Å²) in [6, 6.07) is 8.82. The highest BCUT2D eigenvalue weighted by Gasteiger charge is 2.33. The Labute approximate surface area is 201 Å². The smallest absolute Gasteiger partial charge is 0.278 e. The number of methoxy groups -OCH3 is 1. The average Bonchev–Trinajstić information content (AvgIpc) is 3.27. The van der Waals surface area contributed by atoms with Gasteiger partial charge in [0.05, 0.1) is 30.2 Å². The third-order valence-electron chi connectivity index (χ3n) is 6.19. The van der Waals surface area contributed by atoms with Crippen LogP contribution in [-0.2, 0) is 4.74 Å². The van der Waals surface area contributed by atoms with E-state index in [0.717, 1.165) is 18.5 Å². The Morgan fingerprint density at radius 2 is 2.06 bits per heavy atom. The number of nitrogens with one attached hydrogen (secondary N) is 3. The Balaban J connectivity index is 1.48. The van der Waals surface area contributed by atoms with E-state index in [0.29, 0.717) is 34.2 Å². The van der Waals surface area contributed by atoms with Gasteiger partial charge >= 0.3 is 0 Å². The molecule has 2 atom stereocenters. The molecule has 11 heteroatoms. The van der Waals surface area contributed by atoms with E-state index < -0.39 is 0 Å². The standard InChI is InChI=1S/C24H26N8O3/c1-14-6-7-15(12-26-14)31-10-4-5-18(24(31)34)28-20-11-21(25-2)32-22(30-20)16(13-27-32)23(33)29-17-8-9-19(17)35-3/h4-7,10-13,17,19,25H,8-9H2,1-3H3,(H,28,30)(H,29,33)/t17?,19-/m1/s1. The molecule has 11 nitrogen and oxygen atoms in total. The van der Waals surface area contributed by atoms with Crippen molar-refractivity contribution in [2.45, 2.75) is 31.9 Å². The van der Waals surface area contributed by atoms with Gasteiger partial charge in [-0.15, -0.1) is 0 Å². The average molecular weight is 475 g/mol. The van der Waals surface area contributed by atoms with Crippen LogP contribution >= 0.6 is 0 Å². The van der Waals surface area contributed by atoms with Gasteiger partial charge in [0.2, 0.25) is 0 Å². The van der Waals surface area contributed by atoms with E-state index in [9.17, 15) is 9.59 Å². The van der Waals surface area contributed by atoms with E-state index in [1.807, 2.05) is 19.1 Å². The van der Waals surface area contributed by atoms with Crippen LogP contribution in [0.3, 0.4) is 0 Å². The third-order valence-corrected chi connectivity index (χ3v) is 6.19. The Morgan fingerprint density at radius 3 is 2.74 bits per heavy atom. The highest BCUT2D eigenvalue weighted by Crippen LogP contribution is 2.25. The lowest BCUT2D eigenvalue weighted by molar-refractivity contribution is 0.00732. The number of aromatic nitrogens is 5. The van der Waals surface area contributed by atoms with Crippen LogP contribution in [-0.4, -0.2) is 56.4 Å². The lowest BCUT2D eigenvalue weighted by Crippen LogP contribution is -2.51. The third kappa shape index (κ3) is 4.21. The van der Waals surface area contributed by atoms with E-state index in [1.54, 1.807) is 49.3 Å². The van der Waals surface area contributed by atoms with E-state index >= 15 is 0 Å². The fourth-order valence-electron chi connectivity index (χ4n) is 4.06. The molecule has 0 bridgehead atoms. The summed E-state index contributed by atoms with van der Waals surface area (Å²) >= 11 is 0. The minimum atomic E-state index is -0.271. The number of carbonyl (C=O) groups is 1. The highest BCUT2D eigenvalue weighted by atomic mass is 16.5. The number of pyridine rings is 2. The molecule has 1 aliphatic carbocycles. The molecule has 1 saturated carbocycles. The molecule has 4 aromatic heterocycles. The maximum Gasteiger partial charge on any atom is 0.278 e. The van der Waals surface area contributed by atoms with Crippen molar-refractivity contribution in [3.05, 3.63) is 70.5 Å². The number of rotatable bonds is 7. The van der Waals surface area contributed by atoms with Gasteiger partial charge < -0.3 is 20.7 Å². The molecule has 1 aliphatic rings. The Bertz CT molecular complexity index is 1440. The normalized spacial score (nSPS) is 17.1. The first-order valence-corrected chi connectivity index (χ1v) is 11.3. The van der Waals surface area contributed by atoms with Crippen LogP contribution in [0, 0.1) is 6.92 Å². The van der Waals surface area contributed by atoms with E-state index in [1.165, 1.54) is 10.8 Å². The maximum atomic E-state index is 13.2. The zero-order valence-electron chi connectivity index (χ0n) is 19.6. The van der Waals surface area contributed by atoms with Gasteiger partial charge in [0.25, 0.3) is 11.5 Å². The number of aryl methyl sites for hydroxylation is 1. The van der Waals surface area contributed by atoms with Crippen LogP contribution < -0.4 is 21.5 Å². The molecule has 4 aromatic rings. The number of nitrogens with zero attached hydrogens (tertiary/aromatic N) is 5. The molecule has 5 rings (SSSR count). The summed E-state index contributed by atoms with van der Waals surface area (Å²) < 4.78 is 8.44. The van der Waals surface area contributed by atoms with Crippen molar-refractivity contribution in [3.8, 4) is 5.69 Å². The molecular weight excluding hydrogens is 448 g/mol. The SMILES string of the molecule is CNc1cc(Nc2cccn(-c3ccc(C)nc3)c2=O)nc2c(C(=O)NC3CC[C@H]3OC)cnn12. The van der Waals surface area contributed by atoms with Gasteiger partial charge in [0.1, 0.15) is 22.9 Å². The van der Waals surface area contributed by atoms with E-state index in [4.69, 9.17) is 4.74 Å². The number of hydrogen-bond acceptors (Lipinski definition) is 8. The van der Waals surface area contributed by atoms with Crippen LogP contribution in [0.5, 0.6) is 0 Å². The highest BCUT2D eigenvalue weighted by molar-refractivity contribution is 6.00. The van der Waals surface area contributed by atoms with Crippen LogP contribution in [0.25, 0.3) is 11.3 Å². The lowest BCUT2D eigenvalue weighted by Gasteiger charge is -2.35. The van der Waals surface area contributed by atoms with Crippen molar-refractivity contribution in [1.82, 2.24) is 29.5 Å². The molecule has 180 valence electrons. The number of anilines is 3. The van der Waals surface area contributed by atoms with Crippen molar-refractivity contribution in [1.29, 1.82) is 0 Å². The summed E-state index contributed by atoms with van der Waals surface area (Å²) in [5.41, 5.74) is 2.29. The molecule has 1 fully saturated rings. The van der Waals surface area contributed by atoms with Crippen molar-refractivity contribution in [3.63, 3.8) is 0 Å². The summed E-state index contributed by atoms with van der Waals surface area (Å²) in [6.45, 7) is 1.89. The number of carbonyl (C=O) groups excluding carboxylic acids is 1. The minimum Gasteiger partial charge on any atom is -0.379 e. The van der Waals surface area contributed by atoms with Gasteiger partial charge in [-0.2, -0.15) is 9.61 Å². The van der Waals surface area contributed by atoms with Crippen molar-refractivity contribution in [2.75, 3.05) is 24.8 Å². The topological polar surface area (TPSA) is 127 Å². The van der Waals surface area contributed by atoms with Crippen molar-refractivity contribution < 1.29 is 9.53 Å². The molecule has 1 amide bonds. The molecule has 0 aliphatic heterocycles. The summed E-state index contributed by atoms with van der Waals surface area (Å²) in [4.78, 5) is 35.0. The molecule has 4 heterocycles. The number of fused-ring (bicyclic) bond motifs is 1. The first-order chi connectivity index (χ1) is 17.0. The summed E-state index contributed by atoms with van der Waals surface area (Å²) in [7, 11) is 3.39. The fraction of sp³-hybridized carbons (Fsp3) is 0.292. The zero-order chi connectivity index (χ0) is 24.5. The van der Waals surface area contributed by atoms with Crippen LogP contribution in [0.1, 0.15) is 28.9 Å². The zero-order valence-corrected chi connectivity index (χ0v) is 19.6. The summed E-state index contributed by atoms with van der Waals surface area (Å²) in [5, 5.41) is 13.5. The van der Waals surface area contributed by atoms with Crippen molar-refractivity contribution in [2.24, 2.45) is 0 Å². The molecule has 0 radical (unpaired) electrons. The second-order valence-corrected chi connectivity index (χ2v) is 8.38. The van der Waals surface area contributed by atoms with Crippen LogP contribution in [0.4, 0.5) is 17.3 Å². The first-order valence-electron chi connectivity index (χ1n) is 11.3. The van der Waals surface area contributed by atoms with Crippen molar-refractivity contribution >= 4 is 28.9 Å². The molecule has 3 N–H and O–H groups in total. The van der Waals surface area contributed by atoms with Gasteiger partial charge in [-0.25, -0.2) is 4.98 Å². The van der Waals surface area contributed by atoms with E-state index in [2.05, 4.69) is 31.0 Å². The van der Waals surface area contributed by atoms with Gasteiger partial charge in [0, 0.05) is 32.1 Å². The monoisotopic (exact) mass is 474 g/mol. The Morgan fingerprint density at radius 1 is 1.20 bits per heavy atom. The summed E-state index contributed by atoms with van der Waals surface area (Å²) in [6.07, 6.45) is 6.62. The second kappa shape index (κ2) is 9.18. The largest absolute Gasteiger partial charge is 0.379 e. The maximum absolute atomic E-state index is 13.2. The predicted molar refractivity (Wildman–Crippen MR) is 132 cm³/mol. The molecule has 1 unspecified atom stereocenters. The lowest BCUT2D eigenvalue weighted by atomic mass is 9.89. The van der Waals surface area contributed by atoms with Gasteiger partial charge in [0.15, 0.2) is 5.65 Å². The van der Waals surface area contributed by atoms with Gasteiger partial charge in [-0.3, -0.25) is 19.1 Å². The minimum absolute atomic E-state index is 0.0165. The second-order valence-electron chi connectivity index (χ2n) is 8.38. The molecule has 0 spiro atoms. The van der Waals surface area contributed by atoms with Crippen LogP contribution in [0.15, 0.2) is 53.7 Å².